The van der Waals surface area contributed by atoms with Crippen LogP contribution in [0.3, 0.4) is 0 Å². The normalized spacial score (nSPS) is 20.3. The molecule has 2 aliphatic heterocycles. The minimum Gasteiger partial charge on any atom is -1.00 e. The number of imidazole rings is 1. The average molecular weight is 341 g/mol. The maximum atomic E-state index is 12.5. The molecular weight excluding hydrogens is 312 g/mol. The van der Waals surface area contributed by atoms with Gasteiger partial charge in [-0.3, -0.25) is 4.79 Å². The minimum atomic E-state index is 0. The van der Waals surface area contributed by atoms with Crippen LogP contribution in [-0.2, 0) is 18.4 Å². The van der Waals surface area contributed by atoms with E-state index in [1.807, 2.05) is 24.0 Å². The Balaban J connectivity index is 0.00000192. The van der Waals surface area contributed by atoms with Crippen molar-refractivity contribution in [1.82, 2.24) is 14.4 Å². The molecule has 3 rings (SSSR count). The second-order valence-corrected chi connectivity index (χ2v) is 6.79. The molecule has 0 aliphatic carbocycles. The Morgan fingerprint density at radius 1 is 1.17 bits per heavy atom. The zero-order valence-corrected chi connectivity index (χ0v) is 15.1. The van der Waals surface area contributed by atoms with Gasteiger partial charge in [-0.25, -0.2) is 9.13 Å². The summed E-state index contributed by atoms with van der Waals surface area (Å²) in [6, 6.07) is 0.704. The Bertz CT molecular complexity index is 517. The second-order valence-electron chi connectivity index (χ2n) is 6.79. The molecule has 23 heavy (non-hydrogen) atoms. The Labute approximate surface area is 145 Å². The van der Waals surface area contributed by atoms with Crippen LogP contribution in [-0.4, -0.2) is 52.5 Å². The molecule has 0 saturated carbocycles. The van der Waals surface area contributed by atoms with Crippen molar-refractivity contribution >= 4 is 5.91 Å². The summed E-state index contributed by atoms with van der Waals surface area (Å²) in [5.41, 5.74) is 0. The number of aromatic nitrogens is 2. The summed E-state index contributed by atoms with van der Waals surface area (Å²) in [6.45, 7) is 6.89. The number of carbonyl (C=O) groups excluding carboxylic acids is 1. The number of hydrogen-bond donors (Lipinski definition) is 0. The van der Waals surface area contributed by atoms with Crippen molar-refractivity contribution in [3.8, 4) is 0 Å². The van der Waals surface area contributed by atoms with Gasteiger partial charge in [0.05, 0.1) is 7.05 Å². The summed E-state index contributed by atoms with van der Waals surface area (Å²) in [6.07, 6.45) is 10.4. The van der Waals surface area contributed by atoms with Crippen LogP contribution in [0.1, 0.15) is 37.9 Å². The molecule has 0 aromatic carbocycles. The highest BCUT2D eigenvalue weighted by molar-refractivity contribution is 5.76. The maximum absolute atomic E-state index is 12.5. The molecule has 6 heteroatoms. The lowest BCUT2D eigenvalue weighted by Gasteiger charge is -2.40. The van der Waals surface area contributed by atoms with Gasteiger partial charge in [0.1, 0.15) is 12.4 Å². The van der Waals surface area contributed by atoms with Crippen LogP contribution >= 0.6 is 0 Å². The highest BCUT2D eigenvalue weighted by atomic mass is 35.5. The fraction of sp³-hybridized carbons (Fsp3) is 0.765. The van der Waals surface area contributed by atoms with Crippen molar-refractivity contribution in [1.29, 1.82) is 0 Å². The predicted octanol–water partition coefficient (Wildman–Crippen LogP) is -1.90. The van der Waals surface area contributed by atoms with Gasteiger partial charge < -0.3 is 22.2 Å². The number of aryl methyl sites for hydroxylation is 1. The summed E-state index contributed by atoms with van der Waals surface area (Å²) in [7, 11) is 2.01. The van der Waals surface area contributed by atoms with Gasteiger partial charge in [0.2, 0.25) is 0 Å². The highest BCUT2D eigenvalue weighted by Gasteiger charge is 2.28. The fourth-order valence-electron chi connectivity index (χ4n) is 3.78. The van der Waals surface area contributed by atoms with Crippen LogP contribution in [0.5, 0.6) is 0 Å². The molecule has 1 aromatic heterocycles. The van der Waals surface area contributed by atoms with Crippen LogP contribution in [0.15, 0.2) is 12.4 Å². The van der Waals surface area contributed by atoms with Crippen LogP contribution in [0.2, 0.25) is 0 Å². The topological polar surface area (TPSA) is 32.4 Å². The van der Waals surface area contributed by atoms with Crippen LogP contribution in [0.25, 0.3) is 0 Å². The van der Waals surface area contributed by atoms with Gasteiger partial charge in [-0.2, -0.15) is 0 Å². The van der Waals surface area contributed by atoms with Crippen molar-refractivity contribution in [2.24, 2.45) is 7.05 Å². The Morgan fingerprint density at radius 2 is 1.83 bits per heavy atom. The summed E-state index contributed by atoms with van der Waals surface area (Å²) in [4.78, 5) is 17.2. The van der Waals surface area contributed by atoms with E-state index < -0.39 is 0 Å². The minimum absolute atomic E-state index is 0. The molecule has 0 radical (unpaired) electrons. The van der Waals surface area contributed by atoms with Crippen molar-refractivity contribution < 1.29 is 21.8 Å². The Morgan fingerprint density at radius 3 is 2.39 bits per heavy atom. The second kappa shape index (κ2) is 8.15. The molecule has 0 spiro atoms. The largest absolute Gasteiger partial charge is 1.00 e. The van der Waals surface area contributed by atoms with Gasteiger partial charge in [-0.15, -0.1) is 0 Å². The summed E-state index contributed by atoms with van der Waals surface area (Å²) >= 11 is 0. The number of amides is 1. The smallest absolute Gasteiger partial charge is 0.264 e. The molecule has 3 heterocycles. The SMILES string of the molecule is Cc1n(CC(=O)N2CCC(N3CCCCC3)CC2)cc[n+]1C.[Cl-]. The maximum Gasteiger partial charge on any atom is 0.264 e. The predicted molar refractivity (Wildman–Crippen MR) is 85.4 cm³/mol. The molecule has 0 unspecified atom stereocenters. The van der Waals surface area contributed by atoms with E-state index in [1.54, 1.807) is 0 Å². The molecule has 0 bridgehead atoms. The monoisotopic (exact) mass is 340 g/mol. The van der Waals surface area contributed by atoms with Crippen LogP contribution in [0.4, 0.5) is 0 Å². The molecule has 1 aromatic rings. The summed E-state index contributed by atoms with van der Waals surface area (Å²) in [5, 5.41) is 0. The first-order valence-corrected chi connectivity index (χ1v) is 8.68. The van der Waals surface area contributed by atoms with E-state index in [1.165, 1.54) is 32.4 Å². The molecule has 2 aliphatic rings. The van der Waals surface area contributed by atoms with E-state index in [0.29, 0.717) is 12.6 Å². The summed E-state index contributed by atoms with van der Waals surface area (Å²) in [5.74, 6) is 1.38. The molecule has 2 fully saturated rings. The third-order valence-corrected chi connectivity index (χ3v) is 5.43. The van der Waals surface area contributed by atoms with E-state index in [-0.39, 0.29) is 18.3 Å². The van der Waals surface area contributed by atoms with Gasteiger partial charge in [-0.05, 0) is 38.8 Å². The molecule has 2 saturated heterocycles. The quantitative estimate of drug-likeness (QED) is 0.602. The number of piperidine rings is 2. The molecule has 1 amide bonds. The van der Waals surface area contributed by atoms with Crippen molar-refractivity contribution in [3.63, 3.8) is 0 Å². The van der Waals surface area contributed by atoms with Crippen LogP contribution < -0.4 is 17.0 Å². The first-order valence-electron chi connectivity index (χ1n) is 8.68. The lowest BCUT2D eigenvalue weighted by Crippen LogP contribution is -3.00. The number of rotatable bonds is 3. The van der Waals surface area contributed by atoms with Gasteiger partial charge in [-0.1, -0.05) is 6.42 Å². The third-order valence-electron chi connectivity index (χ3n) is 5.43. The number of halogens is 1. The molecule has 130 valence electrons. The van der Waals surface area contributed by atoms with E-state index in [2.05, 4.69) is 21.3 Å². The van der Waals surface area contributed by atoms with Crippen LogP contribution in [0, 0.1) is 6.92 Å². The lowest BCUT2D eigenvalue weighted by atomic mass is 10.00. The third kappa shape index (κ3) is 4.27. The Hall–Kier alpha value is -1.07. The van der Waals surface area contributed by atoms with Gasteiger partial charge in [0.25, 0.3) is 11.7 Å². The first kappa shape index (κ1) is 18.3. The number of carbonyl (C=O) groups is 1. The van der Waals surface area contributed by atoms with Gasteiger partial charge in [0.15, 0.2) is 6.54 Å². The molecule has 0 N–H and O–H groups in total. The van der Waals surface area contributed by atoms with E-state index >= 15 is 0 Å². The van der Waals surface area contributed by atoms with Gasteiger partial charge >= 0.3 is 0 Å². The fourth-order valence-corrected chi connectivity index (χ4v) is 3.78. The standard InChI is InChI=1S/C17H29N4O.ClH/c1-15-18(2)12-13-21(15)14-17(22)20-10-6-16(7-11-20)19-8-4-3-5-9-19;/h12-13,16H,3-11,14H2,1-2H3;1H/q+1;/p-1. The van der Waals surface area contributed by atoms with Crippen molar-refractivity contribution in [3.05, 3.63) is 18.2 Å². The van der Waals surface area contributed by atoms with E-state index in [9.17, 15) is 4.79 Å². The lowest BCUT2D eigenvalue weighted by molar-refractivity contribution is -0.677. The van der Waals surface area contributed by atoms with E-state index in [4.69, 9.17) is 0 Å². The molecule has 5 nitrogen and oxygen atoms in total. The zero-order chi connectivity index (χ0) is 15.5. The van der Waals surface area contributed by atoms with Gasteiger partial charge in [0, 0.05) is 26.1 Å². The van der Waals surface area contributed by atoms with E-state index in [0.717, 1.165) is 31.8 Å². The van der Waals surface area contributed by atoms with Crippen molar-refractivity contribution in [2.75, 3.05) is 26.2 Å². The average Bonchev–Trinajstić information content (AvgIpc) is 2.88. The number of likely N-dealkylation sites (tertiary alicyclic amines) is 2. The zero-order valence-electron chi connectivity index (χ0n) is 14.4. The highest BCUT2D eigenvalue weighted by Crippen LogP contribution is 2.21. The summed E-state index contributed by atoms with van der Waals surface area (Å²) < 4.78 is 4.09. The number of nitrogens with zero attached hydrogens (tertiary/aromatic N) is 4. The number of hydrogen-bond acceptors (Lipinski definition) is 2. The van der Waals surface area contributed by atoms with Crippen molar-refractivity contribution in [2.45, 2.75) is 51.6 Å². The first-order chi connectivity index (χ1) is 10.6. The Kier molecular flexibility index (Phi) is 6.48. The molecule has 0 atom stereocenters. The molecular formula is C17H29ClN4O.